The van der Waals surface area contributed by atoms with Crippen LogP contribution < -0.4 is 0 Å². The second kappa shape index (κ2) is 5.03. The summed E-state index contributed by atoms with van der Waals surface area (Å²) in [4.78, 5) is 2.63. The number of fused-ring (bicyclic) bond motifs is 2. The second-order valence-corrected chi connectivity index (χ2v) is 8.43. The minimum Gasteiger partial charge on any atom is -0.297 e. The van der Waals surface area contributed by atoms with Gasteiger partial charge in [-0.2, -0.15) is 5.26 Å². The highest BCUT2D eigenvalue weighted by molar-refractivity contribution is 8.18. The van der Waals surface area contributed by atoms with E-state index in [0.29, 0.717) is 10.1 Å². The van der Waals surface area contributed by atoms with Gasteiger partial charge in [0.05, 0.1) is 16.1 Å². The maximum atomic E-state index is 9.45. The maximum absolute atomic E-state index is 9.45. The average molecular weight is 268 g/mol. The van der Waals surface area contributed by atoms with Crippen molar-refractivity contribution in [2.45, 2.75) is 42.2 Å². The molecule has 0 amide bonds. The van der Waals surface area contributed by atoms with Crippen LogP contribution in [-0.4, -0.2) is 39.6 Å². The van der Waals surface area contributed by atoms with Crippen molar-refractivity contribution < 1.29 is 0 Å². The molecule has 0 aromatic heterocycles. The third kappa shape index (κ3) is 2.11. The summed E-state index contributed by atoms with van der Waals surface area (Å²) in [5, 5.41) is 9.45. The van der Waals surface area contributed by atoms with E-state index in [1.807, 2.05) is 0 Å². The highest BCUT2D eigenvalue weighted by atomic mass is 32.2. The molecule has 3 saturated heterocycles. The third-order valence-electron chi connectivity index (χ3n) is 4.30. The van der Waals surface area contributed by atoms with Gasteiger partial charge in [-0.25, -0.2) is 0 Å². The topological polar surface area (TPSA) is 27.0 Å². The third-order valence-corrected chi connectivity index (χ3v) is 7.86. The lowest BCUT2D eigenvalue weighted by molar-refractivity contribution is 0.0773. The van der Waals surface area contributed by atoms with E-state index in [4.69, 9.17) is 0 Å². The predicted molar refractivity (Wildman–Crippen MR) is 75.2 cm³/mol. The van der Waals surface area contributed by atoms with Crippen molar-refractivity contribution in [3.8, 4) is 6.07 Å². The number of nitrogens with zero attached hydrogens (tertiary/aromatic N) is 2. The molecule has 0 saturated carbocycles. The van der Waals surface area contributed by atoms with E-state index in [-0.39, 0.29) is 5.92 Å². The molecule has 2 nitrogen and oxygen atoms in total. The molecule has 4 heteroatoms. The van der Waals surface area contributed by atoms with Gasteiger partial charge in [-0.15, -0.1) is 23.5 Å². The summed E-state index contributed by atoms with van der Waals surface area (Å²) in [6, 6.07) is 3.14. The second-order valence-electron chi connectivity index (χ2n) is 5.32. The van der Waals surface area contributed by atoms with Crippen LogP contribution in [0.25, 0.3) is 0 Å². The molecule has 94 valence electrons. The highest BCUT2D eigenvalue weighted by Gasteiger charge is 2.51. The molecule has 0 aromatic rings. The van der Waals surface area contributed by atoms with Gasteiger partial charge in [-0.05, 0) is 56.7 Å². The van der Waals surface area contributed by atoms with Gasteiger partial charge in [0, 0.05) is 6.04 Å². The summed E-state index contributed by atoms with van der Waals surface area (Å²) in [6.45, 7) is 2.46. The highest BCUT2D eigenvalue weighted by Crippen LogP contribution is 2.54. The van der Waals surface area contributed by atoms with Gasteiger partial charge < -0.3 is 0 Å². The SMILES string of the molecule is N#CC1CCCN2CCCC3(SCCCS3)C12. The van der Waals surface area contributed by atoms with Crippen LogP contribution in [0.2, 0.25) is 0 Å². The monoisotopic (exact) mass is 268 g/mol. The zero-order valence-corrected chi connectivity index (χ0v) is 11.9. The Hall–Kier alpha value is 0.150. The van der Waals surface area contributed by atoms with Crippen LogP contribution in [0.15, 0.2) is 0 Å². The molecule has 1 spiro atoms. The lowest BCUT2D eigenvalue weighted by atomic mass is 9.83. The minimum absolute atomic E-state index is 0.280. The normalized spacial score (nSPS) is 37.4. The Balaban J connectivity index is 1.88. The summed E-state index contributed by atoms with van der Waals surface area (Å²) in [5.41, 5.74) is 0. The Morgan fingerprint density at radius 1 is 1.12 bits per heavy atom. The first-order chi connectivity index (χ1) is 8.36. The fourth-order valence-electron chi connectivity index (χ4n) is 3.62. The van der Waals surface area contributed by atoms with E-state index in [0.717, 1.165) is 6.42 Å². The zero-order valence-electron chi connectivity index (χ0n) is 10.2. The fourth-order valence-corrected chi connectivity index (χ4v) is 7.45. The Morgan fingerprint density at radius 2 is 1.88 bits per heavy atom. The van der Waals surface area contributed by atoms with Crippen LogP contribution in [0.4, 0.5) is 0 Å². The first kappa shape index (κ1) is 12.2. The van der Waals surface area contributed by atoms with Crippen molar-refractivity contribution in [1.82, 2.24) is 4.90 Å². The first-order valence-electron chi connectivity index (χ1n) is 6.77. The van der Waals surface area contributed by atoms with Gasteiger partial charge in [0.2, 0.25) is 0 Å². The van der Waals surface area contributed by atoms with Gasteiger partial charge in [-0.3, -0.25) is 4.90 Å². The smallest absolute Gasteiger partial charge is 0.0778 e. The molecular weight excluding hydrogens is 248 g/mol. The average Bonchev–Trinajstić information content (AvgIpc) is 2.39. The first-order valence-corrected chi connectivity index (χ1v) is 8.74. The molecule has 17 heavy (non-hydrogen) atoms. The van der Waals surface area contributed by atoms with Gasteiger partial charge in [0.15, 0.2) is 0 Å². The molecule has 2 unspecified atom stereocenters. The summed E-state index contributed by atoms with van der Waals surface area (Å²) in [5.74, 6) is 2.88. The van der Waals surface area contributed by atoms with Crippen molar-refractivity contribution in [2.24, 2.45) is 5.92 Å². The molecule has 0 aromatic carbocycles. The van der Waals surface area contributed by atoms with Crippen LogP contribution in [0.1, 0.15) is 32.1 Å². The predicted octanol–water partition coefficient (Wildman–Crippen LogP) is 2.95. The molecule has 2 atom stereocenters. The molecule has 0 radical (unpaired) electrons. The van der Waals surface area contributed by atoms with Crippen LogP contribution in [0.3, 0.4) is 0 Å². The summed E-state index contributed by atoms with van der Waals surface area (Å²) in [7, 11) is 0. The summed E-state index contributed by atoms with van der Waals surface area (Å²) < 4.78 is 0.358. The summed E-state index contributed by atoms with van der Waals surface area (Å²) >= 11 is 4.32. The van der Waals surface area contributed by atoms with Gasteiger partial charge >= 0.3 is 0 Å². The zero-order chi connectivity index (χ0) is 11.7. The number of thioether (sulfide) groups is 2. The summed E-state index contributed by atoms with van der Waals surface area (Å²) in [6.07, 6.45) is 6.35. The van der Waals surface area contributed by atoms with Crippen molar-refractivity contribution in [2.75, 3.05) is 24.6 Å². The van der Waals surface area contributed by atoms with Crippen molar-refractivity contribution in [3.05, 3.63) is 0 Å². The van der Waals surface area contributed by atoms with Crippen LogP contribution >= 0.6 is 23.5 Å². The lowest BCUT2D eigenvalue weighted by Crippen LogP contribution is -2.59. The number of hydrogen-bond acceptors (Lipinski definition) is 4. The molecule has 3 aliphatic rings. The standard InChI is InChI=1S/C13H20N2S2/c14-10-11-4-1-6-15-7-2-5-13(12(11)15)16-8-3-9-17-13/h11-12H,1-9H2. The Kier molecular flexibility index (Phi) is 3.61. The van der Waals surface area contributed by atoms with E-state index < -0.39 is 0 Å². The van der Waals surface area contributed by atoms with E-state index in [2.05, 4.69) is 34.5 Å². The van der Waals surface area contributed by atoms with Crippen LogP contribution in [0.5, 0.6) is 0 Å². The Labute approximate surface area is 112 Å². The molecule has 3 fully saturated rings. The molecule has 3 aliphatic heterocycles. The minimum atomic E-state index is 0.280. The van der Waals surface area contributed by atoms with Crippen molar-refractivity contribution in [3.63, 3.8) is 0 Å². The fraction of sp³-hybridized carbons (Fsp3) is 0.923. The van der Waals surface area contributed by atoms with Crippen molar-refractivity contribution in [1.29, 1.82) is 5.26 Å². The Morgan fingerprint density at radius 3 is 2.65 bits per heavy atom. The van der Waals surface area contributed by atoms with Gasteiger partial charge in [-0.1, -0.05) is 0 Å². The molecule has 3 heterocycles. The maximum Gasteiger partial charge on any atom is 0.0778 e. The number of hydrogen-bond donors (Lipinski definition) is 0. The van der Waals surface area contributed by atoms with Gasteiger partial charge in [0.1, 0.15) is 0 Å². The number of piperidine rings is 2. The van der Waals surface area contributed by atoms with E-state index >= 15 is 0 Å². The molecule has 0 bridgehead atoms. The molecule has 0 N–H and O–H groups in total. The number of rotatable bonds is 0. The van der Waals surface area contributed by atoms with E-state index in [1.54, 1.807) is 0 Å². The molecular formula is C13H20N2S2. The van der Waals surface area contributed by atoms with E-state index in [1.165, 1.54) is 50.3 Å². The van der Waals surface area contributed by atoms with Crippen LogP contribution in [-0.2, 0) is 0 Å². The van der Waals surface area contributed by atoms with Gasteiger partial charge in [0.25, 0.3) is 0 Å². The van der Waals surface area contributed by atoms with Crippen LogP contribution in [0, 0.1) is 17.2 Å². The Bertz CT molecular complexity index is 312. The van der Waals surface area contributed by atoms with Crippen molar-refractivity contribution >= 4 is 23.5 Å². The molecule has 3 rings (SSSR count). The quantitative estimate of drug-likeness (QED) is 0.675. The molecule has 0 aliphatic carbocycles. The van der Waals surface area contributed by atoms with E-state index in [9.17, 15) is 5.26 Å². The largest absolute Gasteiger partial charge is 0.297 e. The number of nitriles is 1. The lowest BCUT2D eigenvalue weighted by Gasteiger charge is -2.54.